The Balaban J connectivity index is 1.69. The Bertz CT molecular complexity index is 926. The summed E-state index contributed by atoms with van der Waals surface area (Å²) in [5.74, 6) is 0.514. The first kappa shape index (κ1) is 21.5. The highest BCUT2D eigenvalue weighted by Gasteiger charge is 2.47. The van der Waals surface area contributed by atoms with Gasteiger partial charge in [0.1, 0.15) is 17.1 Å². The first-order valence-electron chi connectivity index (χ1n) is 10.7. The molecule has 0 spiro atoms. The molecule has 1 aromatic carbocycles. The van der Waals surface area contributed by atoms with Crippen molar-refractivity contribution in [1.82, 2.24) is 14.7 Å². The summed E-state index contributed by atoms with van der Waals surface area (Å²) in [5, 5.41) is 7.16. The van der Waals surface area contributed by atoms with Crippen LogP contribution in [-0.4, -0.2) is 46.5 Å². The van der Waals surface area contributed by atoms with Gasteiger partial charge in [0.15, 0.2) is 6.04 Å². The number of methoxy groups -OCH3 is 1. The summed E-state index contributed by atoms with van der Waals surface area (Å²) in [6, 6.07) is 4.63. The van der Waals surface area contributed by atoms with Crippen molar-refractivity contribution in [1.29, 1.82) is 0 Å². The lowest BCUT2D eigenvalue weighted by atomic mass is 9.96. The molecule has 168 valence electrons. The molecule has 3 atom stereocenters. The monoisotopic (exact) mass is 436 g/mol. The Kier molecular flexibility index (Phi) is 5.85. The number of anilines is 1. The van der Waals surface area contributed by atoms with Gasteiger partial charge in [-0.1, -0.05) is 19.1 Å². The highest BCUT2D eigenvalue weighted by molar-refractivity contribution is 5.99. The average Bonchev–Trinajstić information content (AvgIpc) is 3.21. The Labute approximate surface area is 179 Å². The molecule has 0 radical (unpaired) electrons. The summed E-state index contributed by atoms with van der Waals surface area (Å²) in [5.41, 5.74) is 0.901. The number of likely N-dealkylation sites (tertiary alicyclic amines) is 1. The number of hydrogen-bond donors (Lipinski definition) is 1. The molecule has 0 bridgehead atoms. The molecule has 4 rings (SSSR count). The third kappa shape index (κ3) is 4.09. The van der Waals surface area contributed by atoms with Gasteiger partial charge >= 0.3 is 6.18 Å². The summed E-state index contributed by atoms with van der Waals surface area (Å²) in [6.45, 7) is 2.65. The molecule has 1 fully saturated rings. The molecule has 0 saturated carbocycles. The summed E-state index contributed by atoms with van der Waals surface area (Å²) >= 11 is 0. The normalized spacial score (nSPS) is 23.8. The topological polar surface area (TPSA) is 59.4 Å². The maximum atomic E-state index is 13.9. The lowest BCUT2D eigenvalue weighted by molar-refractivity contribution is -0.173. The number of fused-ring (bicyclic) bond motifs is 1. The zero-order valence-electron chi connectivity index (χ0n) is 17.7. The van der Waals surface area contributed by atoms with E-state index in [1.807, 2.05) is 6.92 Å². The number of nitrogens with one attached hydrogen (secondary N) is 1. The number of ether oxygens (including phenoxy) is 1. The van der Waals surface area contributed by atoms with Crippen molar-refractivity contribution in [2.75, 3.05) is 19.0 Å². The van der Waals surface area contributed by atoms with Crippen molar-refractivity contribution in [3.8, 4) is 5.75 Å². The van der Waals surface area contributed by atoms with E-state index in [4.69, 9.17) is 4.74 Å². The number of halogens is 3. The highest BCUT2D eigenvalue weighted by atomic mass is 19.4. The van der Waals surface area contributed by atoms with Crippen molar-refractivity contribution in [3.63, 3.8) is 0 Å². The van der Waals surface area contributed by atoms with E-state index < -0.39 is 18.3 Å². The molecule has 3 heterocycles. The predicted molar refractivity (Wildman–Crippen MR) is 110 cm³/mol. The largest absolute Gasteiger partial charge is 0.497 e. The van der Waals surface area contributed by atoms with Crippen molar-refractivity contribution in [2.45, 2.75) is 63.3 Å². The smallest absolute Gasteiger partial charge is 0.410 e. The summed E-state index contributed by atoms with van der Waals surface area (Å²) < 4.78 is 47.8. The maximum absolute atomic E-state index is 13.9. The Hall–Kier alpha value is -2.71. The molecule has 0 aliphatic carbocycles. The van der Waals surface area contributed by atoms with Crippen LogP contribution in [0.1, 0.15) is 67.0 Å². The number of carbonyl (C=O) groups excluding carboxylic acids is 1. The molecule has 2 aliphatic heterocycles. The van der Waals surface area contributed by atoms with Gasteiger partial charge in [-0.3, -0.25) is 4.79 Å². The van der Waals surface area contributed by atoms with Crippen LogP contribution in [0.25, 0.3) is 0 Å². The number of piperidine rings is 1. The van der Waals surface area contributed by atoms with Crippen LogP contribution in [0.15, 0.2) is 30.5 Å². The Morgan fingerprint density at radius 3 is 2.65 bits per heavy atom. The van der Waals surface area contributed by atoms with Crippen LogP contribution in [0, 0.1) is 0 Å². The lowest BCUT2D eigenvalue weighted by Gasteiger charge is -2.37. The number of aromatic nitrogens is 2. The van der Waals surface area contributed by atoms with Crippen LogP contribution < -0.4 is 10.1 Å². The van der Waals surface area contributed by atoms with E-state index in [1.54, 1.807) is 29.2 Å². The van der Waals surface area contributed by atoms with E-state index >= 15 is 0 Å². The fraction of sp³-hybridized carbons (Fsp3) is 0.545. The zero-order chi connectivity index (χ0) is 22.2. The summed E-state index contributed by atoms with van der Waals surface area (Å²) in [4.78, 5) is 15.1. The number of benzene rings is 1. The van der Waals surface area contributed by atoms with Gasteiger partial charge in [0.2, 0.25) is 0 Å². The van der Waals surface area contributed by atoms with E-state index in [-0.39, 0.29) is 29.8 Å². The van der Waals surface area contributed by atoms with Gasteiger partial charge in [-0.05, 0) is 43.4 Å². The third-order valence-electron chi connectivity index (χ3n) is 6.35. The fourth-order valence-corrected chi connectivity index (χ4v) is 4.62. The van der Waals surface area contributed by atoms with Crippen LogP contribution in [0.4, 0.5) is 19.0 Å². The zero-order valence-corrected chi connectivity index (χ0v) is 17.7. The number of rotatable bonds is 4. The lowest BCUT2D eigenvalue weighted by Crippen LogP contribution is -2.44. The van der Waals surface area contributed by atoms with Gasteiger partial charge in [0.25, 0.3) is 5.91 Å². The van der Waals surface area contributed by atoms with E-state index in [2.05, 4.69) is 10.4 Å². The number of carbonyl (C=O) groups is 1. The second-order valence-electron chi connectivity index (χ2n) is 8.17. The minimum atomic E-state index is -4.48. The molecule has 0 unspecified atom stereocenters. The van der Waals surface area contributed by atoms with Crippen LogP contribution in [0.2, 0.25) is 0 Å². The van der Waals surface area contributed by atoms with Gasteiger partial charge in [-0.25, -0.2) is 4.68 Å². The van der Waals surface area contributed by atoms with Crippen molar-refractivity contribution < 1.29 is 22.7 Å². The minimum absolute atomic E-state index is 0.108. The molecular formula is C22H27F3N4O2. The van der Waals surface area contributed by atoms with Crippen LogP contribution in [0.3, 0.4) is 0 Å². The second-order valence-corrected chi connectivity index (χ2v) is 8.17. The van der Waals surface area contributed by atoms with Gasteiger partial charge in [-0.15, -0.1) is 0 Å². The second kappa shape index (κ2) is 8.43. The molecule has 1 amide bonds. The third-order valence-corrected chi connectivity index (χ3v) is 6.35. The number of alkyl halides is 3. The molecule has 6 nitrogen and oxygen atoms in total. The Morgan fingerprint density at radius 2 is 2.00 bits per heavy atom. The van der Waals surface area contributed by atoms with E-state index in [0.717, 1.165) is 30.4 Å². The minimum Gasteiger partial charge on any atom is -0.497 e. The van der Waals surface area contributed by atoms with Crippen LogP contribution in [0.5, 0.6) is 5.75 Å². The van der Waals surface area contributed by atoms with Crippen molar-refractivity contribution in [2.24, 2.45) is 0 Å². The average molecular weight is 436 g/mol. The SMILES string of the molecule is CC[C@@H]1CCCCN1C(=O)c1cnn2c1N[C@H](c1ccc(OC)cc1)C[C@H]2C(F)(F)F. The number of nitrogens with zero attached hydrogens (tertiary/aromatic N) is 3. The summed E-state index contributed by atoms with van der Waals surface area (Å²) in [6.07, 6.45) is 0.285. The van der Waals surface area contributed by atoms with Crippen LogP contribution in [-0.2, 0) is 0 Å². The summed E-state index contributed by atoms with van der Waals surface area (Å²) in [7, 11) is 1.54. The van der Waals surface area contributed by atoms with E-state index in [0.29, 0.717) is 17.9 Å². The van der Waals surface area contributed by atoms with Gasteiger partial charge < -0.3 is 15.0 Å². The number of hydrogen-bond acceptors (Lipinski definition) is 4. The van der Waals surface area contributed by atoms with Gasteiger partial charge in [0.05, 0.1) is 19.3 Å². The van der Waals surface area contributed by atoms with Crippen LogP contribution >= 0.6 is 0 Å². The molecule has 1 N–H and O–H groups in total. The predicted octanol–water partition coefficient (Wildman–Crippen LogP) is 4.96. The molecule has 31 heavy (non-hydrogen) atoms. The Morgan fingerprint density at radius 1 is 1.26 bits per heavy atom. The molecule has 9 heteroatoms. The van der Waals surface area contributed by atoms with E-state index in [9.17, 15) is 18.0 Å². The van der Waals surface area contributed by atoms with Crippen molar-refractivity contribution in [3.05, 3.63) is 41.6 Å². The molecule has 2 aliphatic rings. The van der Waals surface area contributed by atoms with E-state index in [1.165, 1.54) is 13.3 Å². The van der Waals surface area contributed by atoms with Crippen molar-refractivity contribution >= 4 is 11.7 Å². The molecule has 1 aromatic heterocycles. The first-order chi connectivity index (χ1) is 14.8. The highest BCUT2D eigenvalue weighted by Crippen LogP contribution is 2.44. The van der Waals surface area contributed by atoms with Gasteiger partial charge in [-0.2, -0.15) is 18.3 Å². The standard InChI is InChI=1S/C22H27F3N4O2/c1-3-15-6-4-5-11-28(15)21(30)17-13-26-29-19(22(23,24)25)12-18(27-20(17)29)14-7-9-16(31-2)10-8-14/h7-10,13,15,18-19,27H,3-6,11-12H2,1-2H3/t15-,18+,19+/m1/s1. The fourth-order valence-electron chi connectivity index (χ4n) is 4.62. The molecule has 2 aromatic rings. The molecule has 1 saturated heterocycles. The van der Waals surface area contributed by atoms with Gasteiger partial charge in [0, 0.05) is 19.0 Å². The number of amides is 1. The maximum Gasteiger partial charge on any atom is 0.410 e. The first-order valence-corrected chi connectivity index (χ1v) is 10.7. The quantitative estimate of drug-likeness (QED) is 0.736. The molecular weight excluding hydrogens is 409 g/mol.